The molecule has 3 heterocycles. The van der Waals surface area contributed by atoms with Crippen LogP contribution >= 0.6 is 0 Å². The van der Waals surface area contributed by atoms with Crippen molar-refractivity contribution in [1.82, 2.24) is 24.9 Å². The van der Waals surface area contributed by atoms with E-state index in [4.69, 9.17) is 10.3 Å². The molecular formula is C11H10N6O. The van der Waals surface area contributed by atoms with E-state index < -0.39 is 0 Å². The molecule has 0 aliphatic carbocycles. The molecule has 7 nitrogen and oxygen atoms in total. The lowest BCUT2D eigenvalue weighted by Gasteiger charge is -1.93. The molecule has 3 aromatic rings. The maximum absolute atomic E-state index is 5.84. The zero-order valence-electron chi connectivity index (χ0n) is 9.61. The fourth-order valence-corrected chi connectivity index (χ4v) is 1.54. The molecule has 0 saturated carbocycles. The van der Waals surface area contributed by atoms with Crippen LogP contribution in [0.15, 0.2) is 35.1 Å². The summed E-state index contributed by atoms with van der Waals surface area (Å²) in [6.45, 7) is 0. The van der Waals surface area contributed by atoms with Gasteiger partial charge in [-0.2, -0.15) is 10.1 Å². The van der Waals surface area contributed by atoms with Crippen molar-refractivity contribution in [2.24, 2.45) is 7.05 Å². The molecule has 90 valence electrons. The predicted octanol–water partition coefficient (Wildman–Crippen LogP) is 1.11. The van der Waals surface area contributed by atoms with Crippen LogP contribution in [0.2, 0.25) is 0 Å². The van der Waals surface area contributed by atoms with E-state index in [2.05, 4.69) is 20.2 Å². The van der Waals surface area contributed by atoms with Gasteiger partial charge in [0.1, 0.15) is 17.1 Å². The number of nitrogens with zero attached hydrogens (tertiary/aromatic N) is 5. The van der Waals surface area contributed by atoms with Gasteiger partial charge in [-0.25, -0.2) is 0 Å². The molecule has 18 heavy (non-hydrogen) atoms. The van der Waals surface area contributed by atoms with Gasteiger partial charge in [0.25, 0.3) is 5.89 Å². The Morgan fingerprint density at radius 1 is 1.33 bits per heavy atom. The summed E-state index contributed by atoms with van der Waals surface area (Å²) in [6, 6.07) is 5.49. The summed E-state index contributed by atoms with van der Waals surface area (Å²) in [5.41, 5.74) is 7.11. The van der Waals surface area contributed by atoms with E-state index in [9.17, 15) is 0 Å². The monoisotopic (exact) mass is 242 g/mol. The number of rotatable bonds is 2. The van der Waals surface area contributed by atoms with Gasteiger partial charge in [-0.1, -0.05) is 11.2 Å². The first-order valence-corrected chi connectivity index (χ1v) is 5.28. The molecule has 2 N–H and O–H groups in total. The summed E-state index contributed by atoms with van der Waals surface area (Å²) in [5.74, 6) is 1.24. The van der Waals surface area contributed by atoms with E-state index in [1.165, 1.54) is 0 Å². The highest BCUT2D eigenvalue weighted by Crippen LogP contribution is 2.25. The minimum absolute atomic E-state index is 0.334. The van der Waals surface area contributed by atoms with E-state index in [-0.39, 0.29) is 0 Å². The van der Waals surface area contributed by atoms with Gasteiger partial charge in [0.15, 0.2) is 0 Å². The van der Waals surface area contributed by atoms with Crippen molar-refractivity contribution >= 4 is 5.82 Å². The van der Waals surface area contributed by atoms with Gasteiger partial charge in [-0.05, 0) is 12.1 Å². The highest BCUT2D eigenvalue weighted by molar-refractivity contribution is 5.67. The summed E-state index contributed by atoms with van der Waals surface area (Å²) in [4.78, 5) is 8.40. The van der Waals surface area contributed by atoms with Crippen molar-refractivity contribution < 1.29 is 4.52 Å². The fourth-order valence-electron chi connectivity index (χ4n) is 1.54. The highest BCUT2D eigenvalue weighted by atomic mass is 16.5. The molecule has 0 aromatic carbocycles. The second-order valence-corrected chi connectivity index (χ2v) is 3.71. The molecule has 0 radical (unpaired) electrons. The topological polar surface area (TPSA) is 95.6 Å². The van der Waals surface area contributed by atoms with Crippen molar-refractivity contribution in [3.63, 3.8) is 0 Å². The van der Waals surface area contributed by atoms with Gasteiger partial charge in [-0.3, -0.25) is 9.67 Å². The minimum Gasteiger partial charge on any atom is -0.383 e. The Morgan fingerprint density at radius 3 is 2.89 bits per heavy atom. The molecule has 0 saturated heterocycles. The molecule has 0 atom stereocenters. The predicted molar refractivity (Wildman–Crippen MR) is 64.1 cm³/mol. The lowest BCUT2D eigenvalue weighted by molar-refractivity contribution is 0.432. The molecule has 0 aliphatic heterocycles. The summed E-state index contributed by atoms with van der Waals surface area (Å²) in [6.07, 6.45) is 3.26. The Hall–Kier alpha value is -2.70. The van der Waals surface area contributed by atoms with Gasteiger partial charge in [-0.15, -0.1) is 0 Å². The molecule has 7 heteroatoms. The SMILES string of the molecule is Cn1ncc(-c2nc(-c3ccccn3)no2)c1N. The summed E-state index contributed by atoms with van der Waals surface area (Å²) >= 11 is 0. The number of aryl methyl sites for hydroxylation is 1. The van der Waals surface area contributed by atoms with E-state index in [0.717, 1.165) is 0 Å². The maximum atomic E-state index is 5.84. The van der Waals surface area contributed by atoms with Crippen LogP contribution in [0.4, 0.5) is 5.82 Å². The van der Waals surface area contributed by atoms with Crippen LogP contribution in [0.1, 0.15) is 0 Å². The number of pyridine rings is 1. The number of anilines is 1. The quantitative estimate of drug-likeness (QED) is 0.723. The molecule has 0 spiro atoms. The third-order valence-corrected chi connectivity index (χ3v) is 2.54. The number of hydrogen-bond donors (Lipinski definition) is 1. The minimum atomic E-state index is 0.334. The molecule has 3 rings (SSSR count). The molecular weight excluding hydrogens is 232 g/mol. The van der Waals surface area contributed by atoms with Crippen LogP contribution in [0.3, 0.4) is 0 Å². The fraction of sp³-hybridized carbons (Fsp3) is 0.0909. The summed E-state index contributed by atoms with van der Waals surface area (Å²) < 4.78 is 6.71. The molecule has 3 aromatic heterocycles. The number of hydrogen-bond acceptors (Lipinski definition) is 6. The van der Waals surface area contributed by atoms with E-state index in [1.54, 1.807) is 30.2 Å². The molecule has 0 bridgehead atoms. The zero-order valence-corrected chi connectivity index (χ0v) is 9.61. The first-order valence-electron chi connectivity index (χ1n) is 5.28. The first-order chi connectivity index (χ1) is 8.75. The van der Waals surface area contributed by atoms with Gasteiger partial charge >= 0.3 is 0 Å². The van der Waals surface area contributed by atoms with Crippen LogP contribution in [0.25, 0.3) is 23.0 Å². The Kier molecular flexibility index (Phi) is 2.30. The van der Waals surface area contributed by atoms with Crippen LogP contribution in [-0.4, -0.2) is 24.9 Å². The van der Waals surface area contributed by atoms with Crippen LogP contribution < -0.4 is 5.73 Å². The lowest BCUT2D eigenvalue weighted by Crippen LogP contribution is -1.98. The van der Waals surface area contributed by atoms with Crippen LogP contribution in [-0.2, 0) is 7.05 Å². The van der Waals surface area contributed by atoms with E-state index in [0.29, 0.717) is 28.8 Å². The summed E-state index contributed by atoms with van der Waals surface area (Å²) in [7, 11) is 1.74. The third kappa shape index (κ3) is 1.61. The van der Waals surface area contributed by atoms with Crippen LogP contribution in [0.5, 0.6) is 0 Å². The van der Waals surface area contributed by atoms with Crippen molar-refractivity contribution in [3.8, 4) is 23.0 Å². The Bertz CT molecular complexity index is 672. The summed E-state index contributed by atoms with van der Waals surface area (Å²) in [5, 5.41) is 7.89. The second-order valence-electron chi connectivity index (χ2n) is 3.71. The molecule has 0 fully saturated rings. The van der Waals surface area contributed by atoms with Crippen molar-refractivity contribution in [2.75, 3.05) is 5.73 Å². The average Bonchev–Trinajstić information content (AvgIpc) is 3.00. The second kappa shape index (κ2) is 3.95. The molecule has 0 amide bonds. The van der Waals surface area contributed by atoms with E-state index in [1.807, 2.05) is 12.1 Å². The van der Waals surface area contributed by atoms with E-state index >= 15 is 0 Å². The van der Waals surface area contributed by atoms with Gasteiger partial charge < -0.3 is 10.3 Å². The first kappa shape index (κ1) is 10.5. The van der Waals surface area contributed by atoms with Crippen molar-refractivity contribution in [3.05, 3.63) is 30.6 Å². The number of aromatic nitrogens is 5. The van der Waals surface area contributed by atoms with Crippen molar-refractivity contribution in [2.45, 2.75) is 0 Å². The lowest BCUT2D eigenvalue weighted by atomic mass is 10.3. The molecule has 0 unspecified atom stereocenters. The maximum Gasteiger partial charge on any atom is 0.263 e. The standard InChI is InChI=1S/C11H10N6O/c1-17-9(12)7(6-14-17)11-15-10(16-18-11)8-4-2-3-5-13-8/h2-6H,12H2,1H3. The third-order valence-electron chi connectivity index (χ3n) is 2.54. The average molecular weight is 242 g/mol. The Balaban J connectivity index is 2.02. The normalized spacial score (nSPS) is 10.7. The number of nitrogens with two attached hydrogens (primary N) is 1. The van der Waals surface area contributed by atoms with Crippen molar-refractivity contribution in [1.29, 1.82) is 0 Å². The molecule has 0 aliphatic rings. The smallest absolute Gasteiger partial charge is 0.263 e. The largest absolute Gasteiger partial charge is 0.383 e. The van der Waals surface area contributed by atoms with Gasteiger partial charge in [0, 0.05) is 13.2 Å². The number of nitrogen functional groups attached to an aromatic ring is 1. The van der Waals surface area contributed by atoms with Gasteiger partial charge in [0.2, 0.25) is 5.82 Å². The van der Waals surface area contributed by atoms with Gasteiger partial charge in [0.05, 0.1) is 6.20 Å². The Labute approximate surface area is 102 Å². The zero-order chi connectivity index (χ0) is 12.5. The highest BCUT2D eigenvalue weighted by Gasteiger charge is 2.16. The Morgan fingerprint density at radius 2 is 2.22 bits per heavy atom. The van der Waals surface area contributed by atoms with Crippen LogP contribution in [0, 0.1) is 0 Å².